The predicted molar refractivity (Wildman–Crippen MR) is 115 cm³/mol. The van der Waals surface area contributed by atoms with E-state index in [1.54, 1.807) is 24.3 Å². The number of amidine groups is 1. The Morgan fingerprint density at radius 2 is 1.82 bits per heavy atom. The quantitative estimate of drug-likeness (QED) is 0.653. The minimum atomic E-state index is -0.513. The number of aliphatic imine (C=N–C) groups is 1. The second-order valence-electron chi connectivity index (χ2n) is 6.27. The van der Waals surface area contributed by atoms with Gasteiger partial charge in [0.05, 0.1) is 5.69 Å². The molecule has 3 aromatic rings. The maximum Gasteiger partial charge on any atom is 0.240 e. The van der Waals surface area contributed by atoms with E-state index in [4.69, 9.17) is 11.6 Å². The van der Waals surface area contributed by atoms with Gasteiger partial charge in [-0.25, -0.2) is 4.99 Å². The van der Waals surface area contributed by atoms with E-state index in [0.29, 0.717) is 15.9 Å². The van der Waals surface area contributed by atoms with Crippen LogP contribution in [-0.4, -0.2) is 22.2 Å². The van der Waals surface area contributed by atoms with Gasteiger partial charge in [-0.15, -0.1) is 0 Å². The number of amides is 2. The van der Waals surface area contributed by atoms with E-state index in [0.717, 1.165) is 16.5 Å². The van der Waals surface area contributed by atoms with Gasteiger partial charge in [0.25, 0.3) is 0 Å². The van der Waals surface area contributed by atoms with Crippen molar-refractivity contribution in [2.75, 3.05) is 5.32 Å². The van der Waals surface area contributed by atoms with Crippen LogP contribution in [-0.2, 0) is 9.59 Å². The number of nitrogens with one attached hydrogen (secondary N) is 2. The Balaban J connectivity index is 1.43. The lowest BCUT2D eigenvalue weighted by atomic mass is 10.1. The van der Waals surface area contributed by atoms with E-state index in [-0.39, 0.29) is 18.2 Å². The first-order valence-electron chi connectivity index (χ1n) is 8.68. The van der Waals surface area contributed by atoms with Crippen molar-refractivity contribution < 1.29 is 9.59 Å². The van der Waals surface area contributed by atoms with Crippen molar-refractivity contribution in [1.82, 2.24) is 5.32 Å². The molecule has 5 nitrogen and oxygen atoms in total. The number of halogens is 1. The third-order valence-corrected chi connectivity index (χ3v) is 5.60. The number of thioether (sulfide) groups is 1. The number of carbonyl (C=O) groups is 2. The molecule has 140 valence electrons. The van der Waals surface area contributed by atoms with Crippen LogP contribution in [0.3, 0.4) is 0 Å². The topological polar surface area (TPSA) is 70.6 Å². The van der Waals surface area contributed by atoms with Gasteiger partial charge in [-0.05, 0) is 35.7 Å². The van der Waals surface area contributed by atoms with Crippen LogP contribution in [0.2, 0.25) is 5.02 Å². The average molecular weight is 410 g/mol. The summed E-state index contributed by atoms with van der Waals surface area (Å²) in [6.45, 7) is 0. The molecule has 0 radical (unpaired) electrons. The maximum atomic E-state index is 12.5. The number of hydrogen-bond donors (Lipinski definition) is 2. The summed E-state index contributed by atoms with van der Waals surface area (Å²) in [5.41, 5.74) is 1.43. The summed E-state index contributed by atoms with van der Waals surface area (Å²) in [5, 5.41) is 8.24. The highest BCUT2D eigenvalue weighted by Gasteiger charge is 2.32. The number of carbonyl (C=O) groups excluding carboxylic acids is 2. The summed E-state index contributed by atoms with van der Waals surface area (Å²) in [7, 11) is 0. The normalized spacial score (nSPS) is 17.7. The molecule has 0 bridgehead atoms. The van der Waals surface area contributed by atoms with E-state index in [2.05, 4.69) is 15.6 Å². The zero-order chi connectivity index (χ0) is 19.5. The zero-order valence-electron chi connectivity index (χ0n) is 14.7. The van der Waals surface area contributed by atoms with Gasteiger partial charge in [-0.2, -0.15) is 0 Å². The molecule has 1 atom stereocenters. The molecule has 2 N–H and O–H groups in total. The van der Waals surface area contributed by atoms with Crippen molar-refractivity contribution in [3.05, 3.63) is 71.8 Å². The first-order valence-corrected chi connectivity index (χ1v) is 9.94. The van der Waals surface area contributed by atoms with Gasteiger partial charge in [0.2, 0.25) is 11.8 Å². The van der Waals surface area contributed by atoms with Crippen molar-refractivity contribution in [3.8, 4) is 0 Å². The lowest BCUT2D eigenvalue weighted by Gasteiger charge is -2.10. The molecule has 1 saturated heterocycles. The van der Waals surface area contributed by atoms with Crippen molar-refractivity contribution in [1.29, 1.82) is 0 Å². The highest BCUT2D eigenvalue weighted by Crippen LogP contribution is 2.27. The third-order valence-electron chi connectivity index (χ3n) is 4.27. The van der Waals surface area contributed by atoms with E-state index in [1.807, 2.05) is 42.5 Å². The number of nitrogens with zero attached hydrogens (tertiary/aromatic N) is 1. The first kappa shape index (κ1) is 18.5. The molecule has 1 heterocycles. The van der Waals surface area contributed by atoms with Crippen molar-refractivity contribution in [2.45, 2.75) is 11.7 Å². The molecule has 0 aromatic heterocycles. The minimum Gasteiger partial charge on any atom is -0.325 e. The lowest BCUT2D eigenvalue weighted by Crippen LogP contribution is -2.28. The smallest absolute Gasteiger partial charge is 0.240 e. The minimum absolute atomic E-state index is 0.0688. The van der Waals surface area contributed by atoms with Gasteiger partial charge in [-0.1, -0.05) is 59.8 Å². The van der Waals surface area contributed by atoms with Crippen molar-refractivity contribution >= 4 is 62.5 Å². The van der Waals surface area contributed by atoms with E-state index in [9.17, 15) is 9.59 Å². The van der Waals surface area contributed by atoms with E-state index < -0.39 is 5.25 Å². The molecule has 1 aliphatic heterocycles. The molecule has 1 aliphatic rings. The molecule has 4 rings (SSSR count). The Labute approximate surface area is 171 Å². The molecule has 0 spiro atoms. The summed E-state index contributed by atoms with van der Waals surface area (Å²) in [4.78, 5) is 29.1. The van der Waals surface area contributed by atoms with E-state index in [1.165, 1.54) is 11.8 Å². The number of anilines is 1. The zero-order valence-corrected chi connectivity index (χ0v) is 16.3. The monoisotopic (exact) mass is 409 g/mol. The summed E-state index contributed by atoms with van der Waals surface area (Å²) in [6.07, 6.45) is 0.0688. The second kappa shape index (κ2) is 8.04. The molecule has 0 aliphatic carbocycles. The van der Waals surface area contributed by atoms with Crippen LogP contribution in [0.1, 0.15) is 6.42 Å². The Morgan fingerprint density at radius 3 is 2.64 bits per heavy atom. The Kier molecular flexibility index (Phi) is 5.32. The van der Waals surface area contributed by atoms with Crippen LogP contribution in [0, 0.1) is 0 Å². The molecule has 28 heavy (non-hydrogen) atoms. The highest BCUT2D eigenvalue weighted by molar-refractivity contribution is 8.15. The number of benzene rings is 3. The largest absolute Gasteiger partial charge is 0.325 e. The Bertz CT molecular complexity index is 1080. The van der Waals surface area contributed by atoms with Gasteiger partial charge in [0.15, 0.2) is 5.17 Å². The van der Waals surface area contributed by atoms with E-state index >= 15 is 0 Å². The van der Waals surface area contributed by atoms with Crippen LogP contribution < -0.4 is 10.6 Å². The van der Waals surface area contributed by atoms with Crippen LogP contribution in [0.15, 0.2) is 71.7 Å². The van der Waals surface area contributed by atoms with Gasteiger partial charge < -0.3 is 10.6 Å². The van der Waals surface area contributed by atoms with Gasteiger partial charge in [0, 0.05) is 22.5 Å². The molecular formula is C21H16ClN3O2S. The molecule has 0 saturated carbocycles. The standard InChI is InChI=1S/C21H16ClN3O2S/c22-14-8-10-15(11-9-14)23-21-25-20(27)18(28-21)12-19(26)24-17-7-3-5-13-4-1-2-6-16(13)17/h1-11,18H,12H2,(H,24,26)(H,23,25,27). The fourth-order valence-electron chi connectivity index (χ4n) is 2.93. The van der Waals surface area contributed by atoms with Crippen LogP contribution in [0.4, 0.5) is 11.4 Å². The summed E-state index contributed by atoms with van der Waals surface area (Å²) in [6, 6.07) is 20.6. The maximum absolute atomic E-state index is 12.5. The Hall–Kier alpha value is -2.83. The van der Waals surface area contributed by atoms with Crippen molar-refractivity contribution in [2.24, 2.45) is 4.99 Å². The number of hydrogen-bond acceptors (Lipinski definition) is 4. The van der Waals surface area contributed by atoms with Gasteiger partial charge in [0.1, 0.15) is 5.25 Å². The SMILES string of the molecule is O=C(CC1SC(=Nc2ccc(Cl)cc2)NC1=O)Nc1cccc2ccccc12. The van der Waals surface area contributed by atoms with Gasteiger partial charge in [-0.3, -0.25) is 9.59 Å². The molecule has 1 unspecified atom stereocenters. The summed E-state index contributed by atoms with van der Waals surface area (Å²) < 4.78 is 0. The fraction of sp³-hybridized carbons (Fsp3) is 0.0952. The second-order valence-corrected chi connectivity index (χ2v) is 7.90. The molecule has 2 amide bonds. The molecule has 7 heteroatoms. The lowest BCUT2D eigenvalue weighted by molar-refractivity contribution is -0.122. The Morgan fingerprint density at radius 1 is 1.07 bits per heavy atom. The first-order chi connectivity index (χ1) is 13.6. The predicted octanol–water partition coefficient (Wildman–Crippen LogP) is 4.74. The number of fused-ring (bicyclic) bond motifs is 1. The summed E-state index contributed by atoms with van der Waals surface area (Å²) >= 11 is 7.12. The van der Waals surface area contributed by atoms with Gasteiger partial charge >= 0.3 is 0 Å². The molecule has 3 aromatic carbocycles. The molecular weight excluding hydrogens is 394 g/mol. The van der Waals surface area contributed by atoms with Crippen LogP contribution >= 0.6 is 23.4 Å². The average Bonchev–Trinajstić information content (AvgIpc) is 3.02. The summed E-state index contributed by atoms with van der Waals surface area (Å²) in [5.74, 6) is -0.428. The van der Waals surface area contributed by atoms with Crippen molar-refractivity contribution in [3.63, 3.8) is 0 Å². The third kappa shape index (κ3) is 4.18. The van der Waals surface area contributed by atoms with Crippen LogP contribution in [0.5, 0.6) is 0 Å². The van der Waals surface area contributed by atoms with Crippen LogP contribution in [0.25, 0.3) is 10.8 Å². The number of rotatable bonds is 4. The highest BCUT2D eigenvalue weighted by atomic mass is 35.5. The fourth-order valence-corrected chi connectivity index (χ4v) is 4.04. The molecule has 1 fully saturated rings.